The molecule has 100 valence electrons. The highest BCUT2D eigenvalue weighted by atomic mass is 32.1. The molecule has 0 aliphatic carbocycles. The summed E-state index contributed by atoms with van der Waals surface area (Å²) >= 11 is 1.39. The van der Waals surface area contributed by atoms with E-state index in [9.17, 15) is 4.79 Å². The van der Waals surface area contributed by atoms with Gasteiger partial charge in [0.2, 0.25) is 0 Å². The number of amides is 1. The summed E-state index contributed by atoms with van der Waals surface area (Å²) in [5.74, 6) is 0.895. The Hall–Kier alpha value is -2.08. The molecule has 0 saturated carbocycles. The van der Waals surface area contributed by atoms with Gasteiger partial charge in [0.05, 0.1) is 19.9 Å². The Bertz CT molecular complexity index is 573. The number of anilines is 1. The van der Waals surface area contributed by atoms with Crippen LogP contribution < -0.4 is 14.8 Å². The van der Waals surface area contributed by atoms with E-state index in [1.807, 2.05) is 12.3 Å². The Morgan fingerprint density at radius 2 is 1.84 bits per heavy atom. The molecule has 0 spiro atoms. The van der Waals surface area contributed by atoms with Gasteiger partial charge in [-0.2, -0.15) is 0 Å². The average molecular weight is 278 g/mol. The molecule has 1 aromatic heterocycles. The van der Waals surface area contributed by atoms with Crippen LogP contribution in [0.15, 0.2) is 23.6 Å². The summed E-state index contributed by atoms with van der Waals surface area (Å²) < 4.78 is 10.3. The third-order valence-electron chi connectivity index (χ3n) is 2.45. The minimum absolute atomic E-state index is 0.244. The van der Waals surface area contributed by atoms with Crippen molar-refractivity contribution < 1.29 is 14.3 Å². The lowest BCUT2D eigenvalue weighted by Gasteiger charge is -2.07. The zero-order valence-corrected chi connectivity index (χ0v) is 11.7. The molecule has 0 saturated heterocycles. The van der Waals surface area contributed by atoms with E-state index >= 15 is 0 Å². The van der Waals surface area contributed by atoms with Crippen LogP contribution in [0.1, 0.15) is 16.1 Å². The number of carbonyl (C=O) groups is 1. The number of aryl methyl sites for hydroxylation is 1. The molecule has 1 heterocycles. The molecule has 0 fully saturated rings. The van der Waals surface area contributed by atoms with Gasteiger partial charge in [-0.25, -0.2) is 4.98 Å². The van der Waals surface area contributed by atoms with Crippen LogP contribution in [0.4, 0.5) is 5.13 Å². The maximum atomic E-state index is 12.1. The fraction of sp³-hybridized carbons (Fsp3) is 0.231. The van der Waals surface area contributed by atoms with Gasteiger partial charge in [0, 0.05) is 17.0 Å². The first kappa shape index (κ1) is 13.4. The molecule has 1 aromatic carbocycles. The second kappa shape index (κ2) is 5.71. The lowest BCUT2D eigenvalue weighted by molar-refractivity contribution is 0.102. The number of carbonyl (C=O) groups excluding carboxylic acids is 1. The molecule has 0 aliphatic rings. The summed E-state index contributed by atoms with van der Waals surface area (Å²) in [5.41, 5.74) is 1.34. The highest BCUT2D eigenvalue weighted by Gasteiger charge is 2.11. The van der Waals surface area contributed by atoms with Crippen LogP contribution >= 0.6 is 11.3 Å². The Labute approximate surface area is 115 Å². The van der Waals surface area contributed by atoms with Gasteiger partial charge in [-0.05, 0) is 19.1 Å². The van der Waals surface area contributed by atoms with Crippen molar-refractivity contribution in [3.8, 4) is 11.5 Å². The number of thiazole rings is 1. The van der Waals surface area contributed by atoms with Gasteiger partial charge in [-0.1, -0.05) is 0 Å². The van der Waals surface area contributed by atoms with E-state index in [4.69, 9.17) is 9.47 Å². The SMILES string of the molecule is COc1cc(OC)cc(C(=O)Nc2nc(C)cs2)c1. The van der Waals surface area contributed by atoms with Crippen molar-refractivity contribution >= 4 is 22.4 Å². The summed E-state index contributed by atoms with van der Waals surface area (Å²) in [6.07, 6.45) is 0. The number of nitrogens with zero attached hydrogens (tertiary/aromatic N) is 1. The van der Waals surface area contributed by atoms with Crippen molar-refractivity contribution in [2.45, 2.75) is 6.92 Å². The summed E-state index contributed by atoms with van der Waals surface area (Å²) in [5, 5.41) is 5.19. The number of nitrogens with one attached hydrogen (secondary N) is 1. The Kier molecular flexibility index (Phi) is 4.01. The number of hydrogen-bond donors (Lipinski definition) is 1. The molecule has 19 heavy (non-hydrogen) atoms. The van der Waals surface area contributed by atoms with Gasteiger partial charge >= 0.3 is 0 Å². The Balaban J connectivity index is 2.22. The molecule has 5 nitrogen and oxygen atoms in total. The molecular weight excluding hydrogens is 264 g/mol. The Morgan fingerprint density at radius 1 is 1.21 bits per heavy atom. The number of hydrogen-bond acceptors (Lipinski definition) is 5. The normalized spacial score (nSPS) is 10.1. The monoisotopic (exact) mass is 278 g/mol. The number of methoxy groups -OCH3 is 2. The Morgan fingerprint density at radius 3 is 2.32 bits per heavy atom. The maximum absolute atomic E-state index is 12.1. The quantitative estimate of drug-likeness (QED) is 0.934. The van der Waals surface area contributed by atoms with Gasteiger partial charge in [0.25, 0.3) is 5.91 Å². The van der Waals surface area contributed by atoms with E-state index in [0.717, 1.165) is 5.69 Å². The van der Waals surface area contributed by atoms with Crippen LogP contribution in [0.5, 0.6) is 11.5 Å². The van der Waals surface area contributed by atoms with E-state index in [1.54, 1.807) is 32.4 Å². The number of ether oxygens (including phenoxy) is 2. The summed E-state index contributed by atoms with van der Waals surface area (Å²) in [6, 6.07) is 5.01. The van der Waals surface area contributed by atoms with Crippen LogP contribution in [0.3, 0.4) is 0 Å². The second-order valence-corrected chi connectivity index (χ2v) is 4.71. The van der Waals surface area contributed by atoms with Crippen molar-refractivity contribution in [1.29, 1.82) is 0 Å². The van der Waals surface area contributed by atoms with Gasteiger partial charge < -0.3 is 9.47 Å². The van der Waals surface area contributed by atoms with Crippen LogP contribution in [0, 0.1) is 6.92 Å². The molecule has 1 amide bonds. The zero-order chi connectivity index (χ0) is 13.8. The van der Waals surface area contributed by atoms with E-state index in [-0.39, 0.29) is 5.91 Å². The van der Waals surface area contributed by atoms with Crippen LogP contribution in [-0.2, 0) is 0 Å². The third-order valence-corrected chi connectivity index (χ3v) is 3.33. The minimum Gasteiger partial charge on any atom is -0.497 e. The number of aromatic nitrogens is 1. The van der Waals surface area contributed by atoms with Gasteiger partial charge in [0.15, 0.2) is 5.13 Å². The maximum Gasteiger partial charge on any atom is 0.257 e. The van der Waals surface area contributed by atoms with Crippen LogP contribution in [0.25, 0.3) is 0 Å². The lowest BCUT2D eigenvalue weighted by Crippen LogP contribution is -2.12. The van der Waals surface area contributed by atoms with Crippen LogP contribution in [0.2, 0.25) is 0 Å². The first-order chi connectivity index (χ1) is 9.12. The first-order valence-corrected chi connectivity index (χ1v) is 6.47. The molecule has 6 heteroatoms. The van der Waals surface area contributed by atoms with Crippen molar-refractivity contribution in [2.24, 2.45) is 0 Å². The molecule has 0 radical (unpaired) electrons. The average Bonchev–Trinajstić information content (AvgIpc) is 2.83. The van der Waals surface area contributed by atoms with Crippen molar-refractivity contribution in [1.82, 2.24) is 4.98 Å². The molecular formula is C13H14N2O3S. The van der Waals surface area contributed by atoms with E-state index in [2.05, 4.69) is 10.3 Å². The van der Waals surface area contributed by atoms with E-state index in [1.165, 1.54) is 11.3 Å². The van der Waals surface area contributed by atoms with Gasteiger partial charge in [-0.15, -0.1) is 11.3 Å². The second-order valence-electron chi connectivity index (χ2n) is 3.85. The van der Waals surface area contributed by atoms with Crippen molar-refractivity contribution in [2.75, 3.05) is 19.5 Å². The topological polar surface area (TPSA) is 60.5 Å². The molecule has 2 rings (SSSR count). The van der Waals surface area contributed by atoms with Gasteiger partial charge in [-0.3, -0.25) is 10.1 Å². The predicted molar refractivity (Wildman–Crippen MR) is 74.4 cm³/mol. The summed E-state index contributed by atoms with van der Waals surface area (Å²) in [7, 11) is 3.08. The lowest BCUT2D eigenvalue weighted by atomic mass is 10.2. The standard InChI is InChI=1S/C13H14N2O3S/c1-8-7-19-13(14-8)15-12(16)9-4-10(17-2)6-11(5-9)18-3/h4-7H,1-3H3,(H,14,15,16). The highest BCUT2D eigenvalue weighted by molar-refractivity contribution is 7.13. The molecule has 2 aromatic rings. The smallest absolute Gasteiger partial charge is 0.257 e. The van der Waals surface area contributed by atoms with Crippen molar-refractivity contribution in [3.05, 3.63) is 34.8 Å². The third kappa shape index (κ3) is 3.23. The van der Waals surface area contributed by atoms with Crippen LogP contribution in [-0.4, -0.2) is 25.1 Å². The van der Waals surface area contributed by atoms with Crippen molar-refractivity contribution in [3.63, 3.8) is 0 Å². The summed E-state index contributed by atoms with van der Waals surface area (Å²) in [4.78, 5) is 16.3. The van der Waals surface area contributed by atoms with E-state index < -0.39 is 0 Å². The molecule has 1 N–H and O–H groups in total. The number of rotatable bonds is 4. The first-order valence-electron chi connectivity index (χ1n) is 5.59. The van der Waals surface area contributed by atoms with Gasteiger partial charge in [0.1, 0.15) is 11.5 Å². The molecule has 0 atom stereocenters. The molecule has 0 unspecified atom stereocenters. The fourth-order valence-electron chi connectivity index (χ4n) is 1.52. The summed E-state index contributed by atoms with van der Waals surface area (Å²) in [6.45, 7) is 1.88. The molecule has 0 aliphatic heterocycles. The minimum atomic E-state index is -0.244. The zero-order valence-electron chi connectivity index (χ0n) is 10.9. The predicted octanol–water partition coefficient (Wildman–Crippen LogP) is 2.72. The highest BCUT2D eigenvalue weighted by Crippen LogP contribution is 2.23. The molecule has 0 bridgehead atoms. The number of benzene rings is 1. The van der Waals surface area contributed by atoms with E-state index in [0.29, 0.717) is 22.2 Å². The fourth-order valence-corrected chi connectivity index (χ4v) is 2.20. The largest absolute Gasteiger partial charge is 0.497 e.